The molecule has 0 saturated carbocycles. The molecule has 0 radical (unpaired) electrons. The third-order valence-corrected chi connectivity index (χ3v) is 5.13. The molecule has 1 aliphatic rings. The van der Waals surface area contributed by atoms with E-state index in [1.807, 2.05) is 31.7 Å². The minimum absolute atomic E-state index is 0.0413. The van der Waals surface area contributed by atoms with Crippen molar-refractivity contribution in [2.75, 3.05) is 30.3 Å². The number of benzene rings is 2. The summed E-state index contributed by atoms with van der Waals surface area (Å²) >= 11 is 0. The Morgan fingerprint density at radius 3 is 2.22 bits per heavy atom. The van der Waals surface area contributed by atoms with Crippen molar-refractivity contribution in [3.63, 3.8) is 0 Å². The third kappa shape index (κ3) is 6.83. The number of likely N-dealkylation sites (tertiary alicyclic amines) is 1. The Hall–Kier alpha value is -3.35. The molecule has 0 aliphatic carbocycles. The van der Waals surface area contributed by atoms with Gasteiger partial charge in [0.15, 0.2) is 0 Å². The predicted octanol–water partition coefficient (Wildman–Crippen LogP) is 3.89. The minimum Gasteiger partial charge on any atom is -0.376 e. The van der Waals surface area contributed by atoms with Gasteiger partial charge in [-0.15, -0.1) is 0 Å². The second kappa shape index (κ2) is 10.3. The van der Waals surface area contributed by atoms with Gasteiger partial charge in [0.05, 0.1) is 6.54 Å². The number of carbonyl (C=O) groups excluding carboxylic acids is 3. The lowest BCUT2D eigenvalue weighted by molar-refractivity contribution is -0.114. The van der Waals surface area contributed by atoms with Crippen LogP contribution in [0.4, 0.5) is 11.4 Å². The van der Waals surface area contributed by atoms with Crippen molar-refractivity contribution >= 4 is 29.1 Å². The lowest BCUT2D eigenvalue weighted by Crippen LogP contribution is -2.40. The number of piperidine rings is 1. The van der Waals surface area contributed by atoms with Crippen LogP contribution in [0.1, 0.15) is 60.7 Å². The molecule has 2 aromatic carbocycles. The van der Waals surface area contributed by atoms with E-state index in [0.717, 1.165) is 25.9 Å². The van der Waals surface area contributed by atoms with Crippen LogP contribution in [0.5, 0.6) is 0 Å². The van der Waals surface area contributed by atoms with Crippen LogP contribution >= 0.6 is 0 Å². The first-order valence-electron chi connectivity index (χ1n) is 11.1. The molecule has 1 fully saturated rings. The molecule has 2 aromatic rings. The SMILES string of the molecule is CC(C)(C)NC(=O)c1cccc(NCC(=O)Nc2ccc(C(=O)N3CCCCC3)cc2)c1. The van der Waals surface area contributed by atoms with Crippen molar-refractivity contribution in [3.05, 3.63) is 59.7 Å². The van der Waals surface area contributed by atoms with Gasteiger partial charge in [0.25, 0.3) is 11.8 Å². The molecule has 0 unspecified atom stereocenters. The fourth-order valence-electron chi connectivity index (χ4n) is 3.55. The molecule has 170 valence electrons. The maximum atomic E-state index is 12.5. The second-order valence-corrected chi connectivity index (χ2v) is 9.12. The van der Waals surface area contributed by atoms with Gasteiger partial charge in [-0.2, -0.15) is 0 Å². The van der Waals surface area contributed by atoms with E-state index in [4.69, 9.17) is 0 Å². The van der Waals surface area contributed by atoms with Gasteiger partial charge in [0.2, 0.25) is 5.91 Å². The van der Waals surface area contributed by atoms with Gasteiger partial charge in [-0.3, -0.25) is 14.4 Å². The maximum Gasteiger partial charge on any atom is 0.253 e. The second-order valence-electron chi connectivity index (χ2n) is 9.12. The van der Waals surface area contributed by atoms with Crippen molar-refractivity contribution in [2.45, 2.75) is 45.6 Å². The van der Waals surface area contributed by atoms with Crippen molar-refractivity contribution < 1.29 is 14.4 Å². The Bertz CT molecular complexity index is 958. The highest BCUT2D eigenvalue weighted by Gasteiger charge is 2.18. The molecule has 0 aromatic heterocycles. The van der Waals surface area contributed by atoms with Gasteiger partial charge in [-0.05, 0) is 82.5 Å². The predicted molar refractivity (Wildman–Crippen MR) is 127 cm³/mol. The monoisotopic (exact) mass is 436 g/mol. The first-order valence-corrected chi connectivity index (χ1v) is 11.1. The molecule has 1 aliphatic heterocycles. The molecule has 7 nitrogen and oxygen atoms in total. The van der Waals surface area contributed by atoms with E-state index < -0.39 is 0 Å². The van der Waals surface area contributed by atoms with Gasteiger partial charge in [-0.1, -0.05) is 6.07 Å². The van der Waals surface area contributed by atoms with Crippen LogP contribution in [-0.4, -0.2) is 47.8 Å². The van der Waals surface area contributed by atoms with E-state index in [1.54, 1.807) is 42.5 Å². The summed E-state index contributed by atoms with van der Waals surface area (Å²) in [6.07, 6.45) is 3.28. The average Bonchev–Trinajstić information content (AvgIpc) is 2.77. The number of hydrogen-bond acceptors (Lipinski definition) is 4. The molecule has 32 heavy (non-hydrogen) atoms. The summed E-state index contributed by atoms with van der Waals surface area (Å²) in [6.45, 7) is 7.44. The van der Waals surface area contributed by atoms with E-state index in [9.17, 15) is 14.4 Å². The topological polar surface area (TPSA) is 90.5 Å². The van der Waals surface area contributed by atoms with Crippen LogP contribution in [0.3, 0.4) is 0 Å². The number of hydrogen-bond donors (Lipinski definition) is 3. The number of amides is 3. The van der Waals surface area contributed by atoms with E-state index in [1.165, 1.54) is 6.42 Å². The molecule has 1 heterocycles. The summed E-state index contributed by atoms with van der Waals surface area (Å²) < 4.78 is 0. The van der Waals surface area contributed by atoms with E-state index in [2.05, 4.69) is 16.0 Å². The van der Waals surface area contributed by atoms with Crippen LogP contribution in [0, 0.1) is 0 Å². The van der Waals surface area contributed by atoms with E-state index in [-0.39, 0.29) is 29.8 Å². The molecule has 1 saturated heterocycles. The third-order valence-electron chi connectivity index (χ3n) is 5.13. The number of nitrogens with zero attached hydrogens (tertiary/aromatic N) is 1. The molecule has 3 amide bonds. The van der Waals surface area contributed by atoms with Gasteiger partial charge in [-0.25, -0.2) is 0 Å². The Kier molecular flexibility index (Phi) is 7.51. The molecule has 0 bridgehead atoms. The number of nitrogens with one attached hydrogen (secondary N) is 3. The lowest BCUT2D eigenvalue weighted by atomic mass is 10.1. The fourth-order valence-corrected chi connectivity index (χ4v) is 3.55. The zero-order valence-corrected chi connectivity index (χ0v) is 19.0. The molecule has 7 heteroatoms. The Balaban J connectivity index is 1.51. The Morgan fingerprint density at radius 2 is 1.56 bits per heavy atom. The number of carbonyl (C=O) groups is 3. The molecule has 3 N–H and O–H groups in total. The zero-order valence-electron chi connectivity index (χ0n) is 19.0. The Labute approximate surface area is 189 Å². The highest BCUT2D eigenvalue weighted by atomic mass is 16.2. The Morgan fingerprint density at radius 1 is 0.875 bits per heavy atom. The van der Waals surface area contributed by atoms with E-state index in [0.29, 0.717) is 22.5 Å². The molecule has 3 rings (SSSR count). The fraction of sp³-hybridized carbons (Fsp3) is 0.400. The summed E-state index contributed by atoms with van der Waals surface area (Å²) in [4.78, 5) is 39.1. The highest BCUT2D eigenvalue weighted by Crippen LogP contribution is 2.16. The zero-order chi connectivity index (χ0) is 23.1. The number of anilines is 2. The summed E-state index contributed by atoms with van der Waals surface area (Å²) in [5.41, 5.74) is 2.15. The average molecular weight is 437 g/mol. The molecule has 0 atom stereocenters. The van der Waals surface area contributed by atoms with Crippen LogP contribution in [0.15, 0.2) is 48.5 Å². The van der Waals surface area contributed by atoms with Crippen molar-refractivity contribution in [1.82, 2.24) is 10.2 Å². The standard InChI is InChI=1S/C25H32N4O3/c1-25(2,3)28-23(31)19-8-7-9-21(16-19)26-17-22(30)27-20-12-10-18(11-13-20)24(32)29-14-5-4-6-15-29/h7-13,16,26H,4-6,14-15,17H2,1-3H3,(H,27,30)(H,28,31). The summed E-state index contributed by atoms with van der Waals surface area (Å²) in [5, 5.41) is 8.78. The van der Waals surface area contributed by atoms with Crippen LogP contribution in [0.25, 0.3) is 0 Å². The summed E-state index contributed by atoms with van der Waals surface area (Å²) in [5.74, 6) is -0.339. The van der Waals surface area contributed by atoms with Crippen LogP contribution < -0.4 is 16.0 Å². The van der Waals surface area contributed by atoms with Crippen LogP contribution in [-0.2, 0) is 4.79 Å². The maximum absolute atomic E-state index is 12.5. The normalized spacial score (nSPS) is 13.9. The highest BCUT2D eigenvalue weighted by molar-refractivity contribution is 5.97. The minimum atomic E-state index is -0.325. The molecular weight excluding hydrogens is 404 g/mol. The van der Waals surface area contributed by atoms with Gasteiger partial charge in [0, 0.05) is 41.1 Å². The first kappa shape index (κ1) is 23.3. The smallest absolute Gasteiger partial charge is 0.253 e. The van der Waals surface area contributed by atoms with Gasteiger partial charge >= 0.3 is 0 Å². The summed E-state index contributed by atoms with van der Waals surface area (Å²) in [7, 11) is 0. The quantitative estimate of drug-likeness (QED) is 0.641. The number of rotatable bonds is 6. The van der Waals surface area contributed by atoms with Crippen molar-refractivity contribution in [2.24, 2.45) is 0 Å². The first-order chi connectivity index (χ1) is 15.2. The largest absolute Gasteiger partial charge is 0.376 e. The van der Waals surface area contributed by atoms with Gasteiger partial charge < -0.3 is 20.9 Å². The molecular formula is C25H32N4O3. The lowest BCUT2D eigenvalue weighted by Gasteiger charge is -2.26. The summed E-state index contributed by atoms with van der Waals surface area (Å²) in [6, 6.07) is 14.0. The van der Waals surface area contributed by atoms with Crippen molar-refractivity contribution in [3.8, 4) is 0 Å². The van der Waals surface area contributed by atoms with Crippen LogP contribution in [0.2, 0.25) is 0 Å². The van der Waals surface area contributed by atoms with Crippen molar-refractivity contribution in [1.29, 1.82) is 0 Å². The molecule has 0 spiro atoms. The van der Waals surface area contributed by atoms with Gasteiger partial charge in [0.1, 0.15) is 0 Å². The van der Waals surface area contributed by atoms with E-state index >= 15 is 0 Å².